The van der Waals surface area contributed by atoms with Crippen LogP contribution in [0.1, 0.15) is 22.8 Å². The maximum absolute atomic E-state index is 14.5. The molecule has 1 unspecified atom stereocenters. The number of benzene rings is 2. The first kappa shape index (κ1) is 21.8. The predicted molar refractivity (Wildman–Crippen MR) is 112 cm³/mol. The van der Waals surface area contributed by atoms with Crippen LogP contribution >= 0.6 is 0 Å². The van der Waals surface area contributed by atoms with E-state index in [0.717, 1.165) is 18.7 Å². The van der Waals surface area contributed by atoms with Crippen LogP contribution in [-0.2, 0) is 20.8 Å². The third-order valence-corrected chi connectivity index (χ3v) is 4.76. The molecule has 2 aromatic carbocycles. The van der Waals surface area contributed by atoms with Crippen LogP contribution in [0.5, 0.6) is 0 Å². The highest BCUT2D eigenvalue weighted by molar-refractivity contribution is 6.18. The molecule has 1 saturated heterocycles. The van der Waals surface area contributed by atoms with E-state index >= 15 is 0 Å². The van der Waals surface area contributed by atoms with Gasteiger partial charge in [-0.05, 0) is 36.8 Å². The summed E-state index contributed by atoms with van der Waals surface area (Å²) in [4.78, 5) is 31.9. The monoisotopic (exact) mass is 412 g/mol. The van der Waals surface area contributed by atoms with Gasteiger partial charge in [-0.2, -0.15) is 0 Å². The molecule has 1 aliphatic heterocycles. The van der Waals surface area contributed by atoms with Crippen molar-refractivity contribution >= 4 is 23.7 Å². The number of rotatable bonds is 8. The van der Waals surface area contributed by atoms with E-state index in [9.17, 15) is 14.0 Å². The Balaban J connectivity index is 1.84. The van der Waals surface area contributed by atoms with Gasteiger partial charge >= 0.3 is 5.97 Å². The number of Topliss-reactive ketones (excluding diaryl/α,β-unsaturated/α-hetero) is 1. The van der Waals surface area contributed by atoms with Gasteiger partial charge in [0.2, 0.25) is 0 Å². The molecular formula is C23H25FN2O4. The van der Waals surface area contributed by atoms with Crippen LogP contribution in [0.3, 0.4) is 0 Å². The van der Waals surface area contributed by atoms with Crippen molar-refractivity contribution in [3.8, 4) is 0 Å². The Kier molecular flexibility index (Phi) is 7.82. The maximum atomic E-state index is 14.5. The normalized spacial score (nSPS) is 15.8. The maximum Gasteiger partial charge on any atom is 0.322 e. The van der Waals surface area contributed by atoms with Gasteiger partial charge < -0.3 is 9.47 Å². The van der Waals surface area contributed by atoms with Crippen molar-refractivity contribution in [3.05, 3.63) is 65.5 Å². The van der Waals surface area contributed by atoms with E-state index in [1.54, 1.807) is 37.3 Å². The summed E-state index contributed by atoms with van der Waals surface area (Å²) in [5.41, 5.74) is 1.24. The van der Waals surface area contributed by atoms with Crippen molar-refractivity contribution in [3.63, 3.8) is 0 Å². The summed E-state index contributed by atoms with van der Waals surface area (Å²) in [5.74, 6) is -3.42. The minimum atomic E-state index is -1.32. The van der Waals surface area contributed by atoms with Crippen LogP contribution in [0.25, 0.3) is 0 Å². The second kappa shape index (κ2) is 10.8. The molecular weight excluding hydrogens is 387 g/mol. The molecule has 0 N–H and O–H groups in total. The number of hydrogen-bond donors (Lipinski definition) is 0. The van der Waals surface area contributed by atoms with E-state index in [-0.39, 0.29) is 12.2 Å². The SMILES string of the molecule is CCOC(=O)C(C=Nc1ccccc1)C(=O)c1cc(CN2CCOCC2)ccc1F. The van der Waals surface area contributed by atoms with Crippen LogP contribution in [-0.4, -0.2) is 55.8 Å². The average molecular weight is 412 g/mol. The van der Waals surface area contributed by atoms with E-state index in [0.29, 0.717) is 25.4 Å². The summed E-state index contributed by atoms with van der Waals surface area (Å²) < 4.78 is 24.9. The first-order valence-electron chi connectivity index (χ1n) is 9.97. The molecule has 0 radical (unpaired) electrons. The number of ketones is 1. The van der Waals surface area contributed by atoms with Crippen molar-refractivity contribution in [2.24, 2.45) is 10.9 Å². The number of ether oxygens (including phenoxy) is 2. The highest BCUT2D eigenvalue weighted by atomic mass is 19.1. The van der Waals surface area contributed by atoms with Gasteiger partial charge in [0, 0.05) is 25.8 Å². The zero-order valence-electron chi connectivity index (χ0n) is 16.9. The highest BCUT2D eigenvalue weighted by Crippen LogP contribution is 2.19. The lowest BCUT2D eigenvalue weighted by Gasteiger charge is -2.26. The van der Waals surface area contributed by atoms with Crippen LogP contribution in [0, 0.1) is 11.7 Å². The number of halogens is 1. The molecule has 0 spiro atoms. The second-order valence-corrected chi connectivity index (χ2v) is 6.91. The lowest BCUT2D eigenvalue weighted by molar-refractivity contribution is -0.143. The van der Waals surface area contributed by atoms with E-state index < -0.39 is 23.5 Å². The van der Waals surface area contributed by atoms with E-state index in [1.807, 2.05) is 6.07 Å². The molecule has 1 atom stereocenters. The standard InChI is InChI=1S/C23H25FN2O4/c1-2-30-23(28)20(15-25-18-6-4-3-5-7-18)22(27)19-14-17(8-9-21(19)24)16-26-10-12-29-13-11-26/h3-9,14-15,20H,2,10-13,16H2,1H3. The molecule has 0 aliphatic carbocycles. The second-order valence-electron chi connectivity index (χ2n) is 6.91. The number of carbonyl (C=O) groups excluding carboxylic acids is 2. The summed E-state index contributed by atoms with van der Waals surface area (Å²) in [7, 11) is 0. The molecule has 0 bridgehead atoms. The molecule has 0 saturated carbocycles. The number of hydrogen-bond acceptors (Lipinski definition) is 6. The molecule has 30 heavy (non-hydrogen) atoms. The van der Waals surface area contributed by atoms with Crippen molar-refractivity contribution < 1.29 is 23.5 Å². The van der Waals surface area contributed by atoms with E-state index in [1.165, 1.54) is 18.3 Å². The van der Waals surface area contributed by atoms with Crippen LogP contribution in [0.4, 0.5) is 10.1 Å². The van der Waals surface area contributed by atoms with Gasteiger partial charge in [-0.15, -0.1) is 0 Å². The summed E-state index contributed by atoms with van der Waals surface area (Å²) in [5, 5.41) is 0. The number of nitrogens with zero attached hydrogens (tertiary/aromatic N) is 2. The fourth-order valence-electron chi connectivity index (χ4n) is 3.19. The van der Waals surface area contributed by atoms with E-state index in [4.69, 9.17) is 9.47 Å². The first-order chi connectivity index (χ1) is 14.6. The number of carbonyl (C=O) groups is 2. The van der Waals surface area contributed by atoms with Gasteiger partial charge in [-0.3, -0.25) is 19.5 Å². The minimum Gasteiger partial charge on any atom is -0.465 e. The Hall–Kier alpha value is -2.90. The number of esters is 1. The van der Waals surface area contributed by atoms with Crippen LogP contribution in [0.15, 0.2) is 53.5 Å². The van der Waals surface area contributed by atoms with Crippen molar-refractivity contribution in [2.45, 2.75) is 13.5 Å². The fraction of sp³-hybridized carbons (Fsp3) is 0.348. The average Bonchev–Trinajstić information content (AvgIpc) is 2.77. The summed E-state index contributed by atoms with van der Waals surface area (Å²) in [6.07, 6.45) is 1.23. The fourth-order valence-corrected chi connectivity index (χ4v) is 3.19. The highest BCUT2D eigenvalue weighted by Gasteiger charge is 2.29. The number of morpholine rings is 1. The molecule has 1 heterocycles. The van der Waals surface area contributed by atoms with Crippen molar-refractivity contribution in [2.75, 3.05) is 32.9 Å². The van der Waals surface area contributed by atoms with Crippen molar-refractivity contribution in [1.29, 1.82) is 0 Å². The Bertz CT molecular complexity index is 895. The third-order valence-electron chi connectivity index (χ3n) is 4.76. The molecule has 1 fully saturated rings. The van der Waals surface area contributed by atoms with Gasteiger partial charge in [0.15, 0.2) is 11.7 Å². The Morgan fingerprint density at radius 3 is 2.63 bits per heavy atom. The van der Waals surface area contributed by atoms with Crippen LogP contribution in [0.2, 0.25) is 0 Å². The Morgan fingerprint density at radius 2 is 1.93 bits per heavy atom. The van der Waals surface area contributed by atoms with Crippen LogP contribution < -0.4 is 0 Å². The molecule has 1 aliphatic rings. The molecule has 3 rings (SSSR count). The zero-order chi connectivity index (χ0) is 21.3. The lowest BCUT2D eigenvalue weighted by Crippen LogP contribution is -2.35. The predicted octanol–water partition coefficient (Wildman–Crippen LogP) is 3.42. The third kappa shape index (κ3) is 5.81. The Morgan fingerprint density at radius 1 is 1.20 bits per heavy atom. The molecule has 7 heteroatoms. The molecule has 6 nitrogen and oxygen atoms in total. The largest absolute Gasteiger partial charge is 0.465 e. The van der Waals surface area contributed by atoms with Crippen molar-refractivity contribution in [1.82, 2.24) is 4.90 Å². The molecule has 158 valence electrons. The molecule has 2 aromatic rings. The lowest BCUT2D eigenvalue weighted by atomic mass is 9.96. The zero-order valence-corrected chi connectivity index (χ0v) is 16.9. The first-order valence-corrected chi connectivity index (χ1v) is 9.97. The van der Waals surface area contributed by atoms with E-state index in [2.05, 4.69) is 9.89 Å². The topological polar surface area (TPSA) is 68.2 Å². The summed E-state index contributed by atoms with van der Waals surface area (Å²) >= 11 is 0. The number of para-hydroxylation sites is 1. The van der Waals surface area contributed by atoms with Gasteiger partial charge in [0.25, 0.3) is 0 Å². The quantitative estimate of drug-likeness (QED) is 0.288. The summed E-state index contributed by atoms with van der Waals surface area (Å²) in [6.45, 7) is 5.18. The smallest absolute Gasteiger partial charge is 0.322 e. The van der Waals surface area contributed by atoms with Gasteiger partial charge in [0.05, 0.1) is 31.1 Å². The van der Waals surface area contributed by atoms with Gasteiger partial charge in [0.1, 0.15) is 5.82 Å². The van der Waals surface area contributed by atoms with Gasteiger partial charge in [-0.25, -0.2) is 4.39 Å². The molecule has 0 aromatic heterocycles. The molecule has 0 amide bonds. The Labute approximate surface area is 175 Å². The minimum absolute atomic E-state index is 0.112. The number of aliphatic imine (C=N–C) groups is 1. The van der Waals surface area contributed by atoms with Gasteiger partial charge in [-0.1, -0.05) is 24.3 Å². The summed E-state index contributed by atoms with van der Waals surface area (Å²) in [6, 6.07) is 13.3.